The summed E-state index contributed by atoms with van der Waals surface area (Å²) in [5, 5.41) is 0. The summed E-state index contributed by atoms with van der Waals surface area (Å²) in [6, 6.07) is 10.3. The predicted molar refractivity (Wildman–Crippen MR) is 57.9 cm³/mol. The molecule has 0 amide bonds. The zero-order valence-electron chi connectivity index (χ0n) is 8.15. The molecule has 1 aliphatic carbocycles. The third kappa shape index (κ3) is 2.57. The molecular weight excluding hydrogens is 172 g/mol. The molecule has 0 saturated heterocycles. The van der Waals surface area contributed by atoms with Crippen LogP contribution in [0.5, 0.6) is 0 Å². The normalized spacial score (nSPS) is 14.4. The van der Waals surface area contributed by atoms with Crippen molar-refractivity contribution in [2.24, 2.45) is 0 Å². The summed E-state index contributed by atoms with van der Waals surface area (Å²) in [6.45, 7) is 1.46. The van der Waals surface area contributed by atoms with E-state index in [0.29, 0.717) is 6.61 Å². The molecule has 1 aliphatic rings. The molecule has 1 aromatic rings. The fraction of sp³-hybridized carbons (Fsp3) is 0.231. The summed E-state index contributed by atoms with van der Waals surface area (Å²) in [7, 11) is 0. The summed E-state index contributed by atoms with van der Waals surface area (Å²) < 4.78 is 5.60. The largest absolute Gasteiger partial charge is 0.372 e. The van der Waals surface area contributed by atoms with Crippen LogP contribution in [0, 0.1) is 0 Å². The Balaban J connectivity index is 1.73. The molecule has 0 fully saturated rings. The fourth-order valence-electron chi connectivity index (χ4n) is 1.47. The van der Waals surface area contributed by atoms with Gasteiger partial charge in [-0.2, -0.15) is 0 Å². The molecule has 0 saturated carbocycles. The van der Waals surface area contributed by atoms with Gasteiger partial charge in [-0.15, -0.1) is 0 Å². The van der Waals surface area contributed by atoms with Gasteiger partial charge in [0.25, 0.3) is 0 Å². The Hall–Kier alpha value is -1.34. The molecular formula is C13H14O. The molecule has 1 aromatic carbocycles. The minimum Gasteiger partial charge on any atom is -0.372 e. The van der Waals surface area contributed by atoms with Crippen LogP contribution in [-0.4, -0.2) is 6.61 Å². The molecule has 0 unspecified atom stereocenters. The molecule has 0 radical (unpaired) electrons. The van der Waals surface area contributed by atoms with Gasteiger partial charge < -0.3 is 4.74 Å². The van der Waals surface area contributed by atoms with Crippen LogP contribution in [0.3, 0.4) is 0 Å². The van der Waals surface area contributed by atoms with E-state index in [1.807, 2.05) is 18.2 Å². The lowest BCUT2D eigenvalue weighted by molar-refractivity contribution is 0.142. The SMILES string of the molecule is C1=CCC(COCc2ccccc2)=C1. The van der Waals surface area contributed by atoms with Crippen molar-refractivity contribution in [1.29, 1.82) is 0 Å². The van der Waals surface area contributed by atoms with E-state index < -0.39 is 0 Å². The number of allylic oxidation sites excluding steroid dienone is 3. The molecule has 1 nitrogen and oxygen atoms in total. The van der Waals surface area contributed by atoms with E-state index in [-0.39, 0.29) is 0 Å². The van der Waals surface area contributed by atoms with Gasteiger partial charge in [0, 0.05) is 0 Å². The van der Waals surface area contributed by atoms with Crippen molar-refractivity contribution in [3.8, 4) is 0 Å². The van der Waals surface area contributed by atoms with E-state index in [4.69, 9.17) is 4.74 Å². The van der Waals surface area contributed by atoms with Crippen molar-refractivity contribution in [1.82, 2.24) is 0 Å². The first-order valence-electron chi connectivity index (χ1n) is 4.91. The van der Waals surface area contributed by atoms with Gasteiger partial charge in [0.1, 0.15) is 0 Å². The second-order valence-electron chi connectivity index (χ2n) is 3.44. The molecule has 0 N–H and O–H groups in total. The van der Waals surface area contributed by atoms with Crippen molar-refractivity contribution in [3.63, 3.8) is 0 Å². The van der Waals surface area contributed by atoms with Gasteiger partial charge in [-0.3, -0.25) is 0 Å². The number of ether oxygens (including phenoxy) is 1. The van der Waals surface area contributed by atoms with Crippen LogP contribution in [0.4, 0.5) is 0 Å². The van der Waals surface area contributed by atoms with Crippen molar-refractivity contribution in [2.45, 2.75) is 13.0 Å². The van der Waals surface area contributed by atoms with Crippen LogP contribution in [0.15, 0.2) is 54.1 Å². The molecule has 0 atom stereocenters. The minimum atomic E-state index is 0.707. The van der Waals surface area contributed by atoms with Crippen LogP contribution in [0.2, 0.25) is 0 Å². The topological polar surface area (TPSA) is 9.23 Å². The average Bonchev–Trinajstić information content (AvgIpc) is 2.72. The Morgan fingerprint density at radius 2 is 1.93 bits per heavy atom. The molecule has 72 valence electrons. The predicted octanol–water partition coefficient (Wildman–Crippen LogP) is 3.09. The maximum Gasteiger partial charge on any atom is 0.0721 e. The number of hydrogen-bond acceptors (Lipinski definition) is 1. The lowest BCUT2D eigenvalue weighted by Gasteiger charge is -2.04. The Labute approximate surface area is 84.7 Å². The quantitative estimate of drug-likeness (QED) is 0.702. The third-order valence-electron chi connectivity index (χ3n) is 2.25. The minimum absolute atomic E-state index is 0.707. The van der Waals surface area contributed by atoms with Gasteiger partial charge in [0.15, 0.2) is 0 Å². The molecule has 0 aromatic heterocycles. The molecule has 0 spiro atoms. The zero-order chi connectivity index (χ0) is 9.64. The Morgan fingerprint density at radius 3 is 2.64 bits per heavy atom. The highest BCUT2D eigenvalue weighted by Gasteiger charge is 1.99. The van der Waals surface area contributed by atoms with Gasteiger partial charge in [-0.25, -0.2) is 0 Å². The van der Waals surface area contributed by atoms with Gasteiger partial charge in [0.2, 0.25) is 0 Å². The lowest BCUT2D eigenvalue weighted by atomic mass is 10.2. The molecule has 14 heavy (non-hydrogen) atoms. The summed E-state index contributed by atoms with van der Waals surface area (Å²) in [5.74, 6) is 0. The Bertz CT molecular complexity index is 336. The third-order valence-corrected chi connectivity index (χ3v) is 2.25. The van der Waals surface area contributed by atoms with Crippen molar-refractivity contribution in [3.05, 3.63) is 59.7 Å². The summed E-state index contributed by atoms with van der Waals surface area (Å²) in [6.07, 6.45) is 7.42. The zero-order valence-corrected chi connectivity index (χ0v) is 8.15. The van der Waals surface area contributed by atoms with Crippen LogP contribution in [0.1, 0.15) is 12.0 Å². The monoisotopic (exact) mass is 186 g/mol. The summed E-state index contributed by atoms with van der Waals surface area (Å²) >= 11 is 0. The fourth-order valence-corrected chi connectivity index (χ4v) is 1.47. The van der Waals surface area contributed by atoms with Crippen molar-refractivity contribution >= 4 is 0 Å². The summed E-state index contributed by atoms with van der Waals surface area (Å²) in [5.41, 5.74) is 2.60. The standard InChI is InChI=1S/C13H14O/c1-2-6-12(7-3-1)10-14-11-13-8-4-5-9-13/h1-8H,9-11H2. The second-order valence-corrected chi connectivity index (χ2v) is 3.44. The maximum atomic E-state index is 5.60. The molecule has 0 heterocycles. The van der Waals surface area contributed by atoms with Gasteiger partial charge >= 0.3 is 0 Å². The second kappa shape index (κ2) is 4.77. The molecule has 1 heteroatoms. The number of hydrogen-bond donors (Lipinski definition) is 0. The lowest BCUT2D eigenvalue weighted by Crippen LogP contribution is -1.97. The average molecular weight is 186 g/mol. The van der Waals surface area contributed by atoms with E-state index in [1.54, 1.807) is 0 Å². The van der Waals surface area contributed by atoms with E-state index in [0.717, 1.165) is 13.0 Å². The van der Waals surface area contributed by atoms with Crippen molar-refractivity contribution < 1.29 is 4.74 Å². The first-order valence-corrected chi connectivity index (χ1v) is 4.91. The van der Waals surface area contributed by atoms with E-state index in [9.17, 15) is 0 Å². The number of rotatable bonds is 4. The molecule has 2 rings (SSSR count). The first kappa shape index (κ1) is 9.22. The van der Waals surface area contributed by atoms with E-state index in [2.05, 4.69) is 30.4 Å². The molecule has 0 aliphatic heterocycles. The van der Waals surface area contributed by atoms with Crippen LogP contribution in [0.25, 0.3) is 0 Å². The smallest absolute Gasteiger partial charge is 0.0721 e. The van der Waals surface area contributed by atoms with Gasteiger partial charge in [0.05, 0.1) is 13.2 Å². The van der Waals surface area contributed by atoms with Crippen molar-refractivity contribution in [2.75, 3.05) is 6.61 Å². The van der Waals surface area contributed by atoms with E-state index in [1.165, 1.54) is 11.1 Å². The Kier molecular flexibility index (Phi) is 3.15. The maximum absolute atomic E-state index is 5.60. The van der Waals surface area contributed by atoms with Crippen LogP contribution >= 0.6 is 0 Å². The highest BCUT2D eigenvalue weighted by molar-refractivity contribution is 5.23. The first-order chi connectivity index (χ1) is 6.95. The highest BCUT2D eigenvalue weighted by Crippen LogP contribution is 2.11. The Morgan fingerprint density at radius 1 is 1.07 bits per heavy atom. The molecule has 0 bridgehead atoms. The highest BCUT2D eigenvalue weighted by atomic mass is 16.5. The van der Waals surface area contributed by atoms with Crippen LogP contribution in [-0.2, 0) is 11.3 Å². The van der Waals surface area contributed by atoms with Gasteiger partial charge in [-0.05, 0) is 17.6 Å². The van der Waals surface area contributed by atoms with E-state index >= 15 is 0 Å². The van der Waals surface area contributed by atoms with Crippen LogP contribution < -0.4 is 0 Å². The van der Waals surface area contributed by atoms with Gasteiger partial charge in [-0.1, -0.05) is 48.6 Å². The summed E-state index contributed by atoms with van der Waals surface area (Å²) in [4.78, 5) is 0. The number of benzene rings is 1.